The molecule has 0 amide bonds. The Bertz CT molecular complexity index is 641. The monoisotopic (exact) mass is 459 g/mol. The molecule has 1 atom stereocenters. The number of thiophene rings is 1. The van der Waals surface area contributed by atoms with Crippen LogP contribution in [0.3, 0.4) is 0 Å². The second-order valence-corrected chi connectivity index (χ2v) is 6.60. The van der Waals surface area contributed by atoms with Crippen molar-refractivity contribution in [3.63, 3.8) is 0 Å². The SMILES string of the molecule is CCNC(=NCc1cccc(C)c1)NCC(C)(O)c1ccsc1.I. The highest BCUT2D eigenvalue weighted by Gasteiger charge is 2.23. The summed E-state index contributed by atoms with van der Waals surface area (Å²) in [5, 5.41) is 21.0. The van der Waals surface area contributed by atoms with E-state index in [0.717, 1.165) is 12.1 Å². The van der Waals surface area contributed by atoms with Crippen molar-refractivity contribution < 1.29 is 5.11 Å². The van der Waals surface area contributed by atoms with Crippen LogP contribution in [0.1, 0.15) is 30.5 Å². The Morgan fingerprint density at radius 2 is 2.08 bits per heavy atom. The van der Waals surface area contributed by atoms with Crippen LogP contribution in [0.2, 0.25) is 0 Å². The number of rotatable bonds is 6. The molecule has 0 aliphatic carbocycles. The Labute approximate surface area is 165 Å². The highest BCUT2D eigenvalue weighted by atomic mass is 127. The molecule has 2 aromatic rings. The van der Waals surface area contributed by atoms with Gasteiger partial charge in [0.25, 0.3) is 0 Å². The van der Waals surface area contributed by atoms with Crippen molar-refractivity contribution in [3.8, 4) is 0 Å². The zero-order valence-electron chi connectivity index (χ0n) is 14.4. The molecule has 0 spiro atoms. The molecule has 2 rings (SSSR count). The van der Waals surface area contributed by atoms with Crippen molar-refractivity contribution >= 4 is 41.3 Å². The number of benzene rings is 1. The van der Waals surface area contributed by atoms with E-state index in [4.69, 9.17) is 0 Å². The quantitative estimate of drug-likeness (QED) is 0.351. The van der Waals surface area contributed by atoms with Crippen LogP contribution in [0.5, 0.6) is 0 Å². The van der Waals surface area contributed by atoms with Gasteiger partial charge in [-0.15, -0.1) is 24.0 Å². The number of nitrogens with zero attached hydrogens (tertiary/aromatic N) is 1. The molecule has 1 heterocycles. The Morgan fingerprint density at radius 1 is 1.29 bits per heavy atom. The van der Waals surface area contributed by atoms with Gasteiger partial charge >= 0.3 is 0 Å². The molecule has 0 aliphatic heterocycles. The number of halogens is 1. The summed E-state index contributed by atoms with van der Waals surface area (Å²) in [4.78, 5) is 4.60. The maximum Gasteiger partial charge on any atom is 0.191 e. The molecule has 1 unspecified atom stereocenters. The molecule has 1 aromatic heterocycles. The molecule has 0 fully saturated rings. The van der Waals surface area contributed by atoms with Crippen LogP contribution in [0.25, 0.3) is 0 Å². The van der Waals surface area contributed by atoms with Crippen molar-refractivity contribution in [2.75, 3.05) is 13.1 Å². The van der Waals surface area contributed by atoms with E-state index < -0.39 is 5.60 Å². The highest BCUT2D eigenvalue weighted by molar-refractivity contribution is 14.0. The fourth-order valence-corrected chi connectivity index (χ4v) is 3.03. The number of nitrogens with one attached hydrogen (secondary N) is 2. The predicted octanol–water partition coefficient (Wildman–Crippen LogP) is 3.64. The smallest absolute Gasteiger partial charge is 0.191 e. The van der Waals surface area contributed by atoms with Crippen LogP contribution in [0, 0.1) is 6.92 Å². The fraction of sp³-hybridized carbons (Fsp3) is 0.389. The third-order valence-corrected chi connectivity index (χ3v) is 4.27. The maximum absolute atomic E-state index is 10.6. The van der Waals surface area contributed by atoms with E-state index in [9.17, 15) is 5.11 Å². The first kappa shape index (κ1) is 20.9. The average molecular weight is 459 g/mol. The van der Waals surface area contributed by atoms with Gasteiger partial charge in [-0.3, -0.25) is 0 Å². The number of hydrogen-bond donors (Lipinski definition) is 3. The van der Waals surface area contributed by atoms with Gasteiger partial charge in [-0.05, 0) is 48.7 Å². The van der Waals surface area contributed by atoms with E-state index in [1.165, 1.54) is 11.1 Å². The Kier molecular flexibility index (Phi) is 8.72. The Morgan fingerprint density at radius 3 is 2.71 bits per heavy atom. The van der Waals surface area contributed by atoms with E-state index in [0.29, 0.717) is 19.0 Å². The first-order chi connectivity index (χ1) is 11.0. The third kappa shape index (κ3) is 6.41. The van der Waals surface area contributed by atoms with Crippen molar-refractivity contribution in [2.45, 2.75) is 32.9 Å². The van der Waals surface area contributed by atoms with Crippen LogP contribution in [0.15, 0.2) is 46.1 Å². The van der Waals surface area contributed by atoms with Crippen LogP contribution in [-0.2, 0) is 12.1 Å². The lowest BCUT2D eigenvalue weighted by Crippen LogP contribution is -2.44. The second kappa shape index (κ2) is 10.0. The molecule has 0 aliphatic rings. The van der Waals surface area contributed by atoms with Crippen LogP contribution in [-0.4, -0.2) is 24.2 Å². The minimum atomic E-state index is -0.917. The second-order valence-electron chi connectivity index (χ2n) is 5.82. The summed E-state index contributed by atoms with van der Waals surface area (Å²) >= 11 is 1.59. The number of guanidine groups is 1. The Balaban J connectivity index is 0.00000288. The van der Waals surface area contributed by atoms with Crippen LogP contribution < -0.4 is 10.6 Å². The summed E-state index contributed by atoms with van der Waals surface area (Å²) in [5.74, 6) is 0.713. The van der Waals surface area contributed by atoms with E-state index >= 15 is 0 Å². The highest BCUT2D eigenvalue weighted by Crippen LogP contribution is 2.21. The lowest BCUT2D eigenvalue weighted by Gasteiger charge is -2.24. The van der Waals surface area contributed by atoms with Crippen molar-refractivity contribution in [1.82, 2.24) is 10.6 Å². The van der Waals surface area contributed by atoms with E-state index in [-0.39, 0.29) is 24.0 Å². The molecule has 0 radical (unpaired) electrons. The normalized spacial score (nSPS) is 13.8. The Hall–Kier alpha value is -1.12. The zero-order chi connectivity index (χ0) is 16.7. The van der Waals surface area contributed by atoms with Gasteiger partial charge in [-0.2, -0.15) is 11.3 Å². The summed E-state index contributed by atoms with van der Waals surface area (Å²) in [7, 11) is 0. The molecule has 0 saturated carbocycles. The van der Waals surface area contributed by atoms with Crippen molar-refractivity contribution in [2.24, 2.45) is 4.99 Å². The van der Waals surface area contributed by atoms with Gasteiger partial charge in [-0.25, -0.2) is 4.99 Å². The molecular weight excluding hydrogens is 433 g/mol. The molecule has 0 bridgehead atoms. The largest absolute Gasteiger partial charge is 0.384 e. The number of hydrogen-bond acceptors (Lipinski definition) is 3. The molecule has 132 valence electrons. The van der Waals surface area contributed by atoms with Gasteiger partial charge < -0.3 is 15.7 Å². The standard InChI is InChI=1S/C18H25N3OS.HI/c1-4-19-17(20-11-15-7-5-6-14(2)10-15)21-13-18(3,22)16-8-9-23-12-16;/h5-10,12,22H,4,11,13H2,1-3H3,(H2,19,20,21);1H. The number of aryl methyl sites for hydroxylation is 1. The fourth-order valence-electron chi connectivity index (χ4n) is 2.25. The zero-order valence-corrected chi connectivity index (χ0v) is 17.5. The predicted molar refractivity (Wildman–Crippen MR) is 113 cm³/mol. The molecule has 6 heteroatoms. The van der Waals surface area contributed by atoms with Gasteiger partial charge in [0, 0.05) is 6.54 Å². The first-order valence-electron chi connectivity index (χ1n) is 7.84. The third-order valence-electron chi connectivity index (χ3n) is 3.59. The van der Waals surface area contributed by atoms with Crippen LogP contribution >= 0.6 is 35.3 Å². The van der Waals surface area contributed by atoms with Gasteiger partial charge in [0.05, 0.1) is 13.1 Å². The summed E-state index contributed by atoms with van der Waals surface area (Å²) in [5.41, 5.74) is 2.41. The average Bonchev–Trinajstić information content (AvgIpc) is 3.05. The number of aliphatic imine (C=N–C) groups is 1. The molecule has 3 N–H and O–H groups in total. The van der Waals surface area contributed by atoms with E-state index in [1.54, 1.807) is 11.3 Å². The summed E-state index contributed by atoms with van der Waals surface area (Å²) in [6, 6.07) is 10.3. The molecule has 0 saturated heterocycles. The minimum absolute atomic E-state index is 0. The summed E-state index contributed by atoms with van der Waals surface area (Å²) in [6.45, 7) is 7.71. The van der Waals surface area contributed by atoms with Gasteiger partial charge in [-0.1, -0.05) is 29.8 Å². The lowest BCUT2D eigenvalue weighted by molar-refractivity contribution is 0.0621. The molecule has 4 nitrogen and oxygen atoms in total. The van der Waals surface area contributed by atoms with Gasteiger partial charge in [0.2, 0.25) is 0 Å². The maximum atomic E-state index is 10.6. The number of aliphatic hydroxyl groups is 1. The lowest BCUT2D eigenvalue weighted by atomic mass is 9.99. The van der Waals surface area contributed by atoms with E-state index in [2.05, 4.69) is 40.7 Å². The van der Waals surface area contributed by atoms with Crippen molar-refractivity contribution in [3.05, 3.63) is 57.8 Å². The van der Waals surface area contributed by atoms with Crippen LogP contribution in [0.4, 0.5) is 0 Å². The first-order valence-corrected chi connectivity index (χ1v) is 8.78. The minimum Gasteiger partial charge on any atom is -0.384 e. The topological polar surface area (TPSA) is 56.7 Å². The molecule has 24 heavy (non-hydrogen) atoms. The summed E-state index contributed by atoms with van der Waals surface area (Å²) in [6.07, 6.45) is 0. The van der Waals surface area contributed by atoms with Gasteiger partial charge in [0.1, 0.15) is 5.60 Å². The van der Waals surface area contributed by atoms with Gasteiger partial charge in [0.15, 0.2) is 5.96 Å². The molecule has 1 aromatic carbocycles. The van der Waals surface area contributed by atoms with E-state index in [1.807, 2.05) is 36.7 Å². The van der Waals surface area contributed by atoms with Crippen molar-refractivity contribution in [1.29, 1.82) is 0 Å². The summed E-state index contributed by atoms with van der Waals surface area (Å²) < 4.78 is 0. The molecular formula is C18H26IN3OS.